The lowest BCUT2D eigenvalue weighted by Crippen LogP contribution is -2.36. The first-order valence-electron chi connectivity index (χ1n) is 6.77. The molecule has 1 fully saturated rings. The van der Waals surface area contributed by atoms with Crippen molar-refractivity contribution in [2.45, 2.75) is 32.3 Å². The summed E-state index contributed by atoms with van der Waals surface area (Å²) in [5, 5.41) is 3.32. The van der Waals surface area contributed by atoms with Gasteiger partial charge in [-0.2, -0.15) is 0 Å². The second kappa shape index (κ2) is 6.45. The second-order valence-electron chi connectivity index (χ2n) is 4.90. The van der Waals surface area contributed by atoms with Gasteiger partial charge in [0.15, 0.2) is 0 Å². The molecule has 1 atom stereocenters. The Hall–Kier alpha value is -1.27. The molecular formula is C14H19F3N2O. The molecule has 112 valence electrons. The average Bonchev–Trinajstić information content (AvgIpc) is 2.90. The number of likely N-dealkylation sites (N-methyl/N-ethyl adjacent to an activating group) is 1. The Balaban J connectivity index is 1.95. The van der Waals surface area contributed by atoms with E-state index in [1.807, 2.05) is 0 Å². The Bertz CT molecular complexity index is 413. The van der Waals surface area contributed by atoms with E-state index in [0.29, 0.717) is 6.04 Å². The van der Waals surface area contributed by atoms with Gasteiger partial charge in [-0.25, -0.2) is 0 Å². The molecule has 1 aromatic carbocycles. The predicted octanol–water partition coefficient (Wildman–Crippen LogP) is 2.77. The predicted molar refractivity (Wildman–Crippen MR) is 70.5 cm³/mol. The lowest BCUT2D eigenvalue weighted by Gasteiger charge is -2.27. The van der Waals surface area contributed by atoms with E-state index in [4.69, 9.17) is 0 Å². The van der Waals surface area contributed by atoms with Gasteiger partial charge in [-0.1, -0.05) is 19.1 Å². The molecule has 1 aromatic rings. The summed E-state index contributed by atoms with van der Waals surface area (Å²) in [6.07, 6.45) is -3.52. The largest absolute Gasteiger partial charge is 0.573 e. The maximum absolute atomic E-state index is 12.1. The second-order valence-corrected chi connectivity index (χ2v) is 4.90. The van der Waals surface area contributed by atoms with Crippen LogP contribution in [0.4, 0.5) is 13.2 Å². The van der Waals surface area contributed by atoms with E-state index < -0.39 is 6.36 Å². The molecule has 1 saturated heterocycles. The summed E-state index contributed by atoms with van der Waals surface area (Å²) in [6.45, 7) is 5.77. The number of hydrogen-bond acceptors (Lipinski definition) is 3. The van der Waals surface area contributed by atoms with Gasteiger partial charge in [-0.05, 0) is 37.2 Å². The average molecular weight is 288 g/mol. The maximum Gasteiger partial charge on any atom is 0.573 e. The molecule has 1 aliphatic heterocycles. The zero-order valence-corrected chi connectivity index (χ0v) is 11.4. The van der Waals surface area contributed by atoms with Crippen molar-refractivity contribution in [1.82, 2.24) is 10.2 Å². The molecule has 0 saturated carbocycles. The number of benzene rings is 1. The van der Waals surface area contributed by atoms with Crippen LogP contribution >= 0.6 is 0 Å². The Morgan fingerprint density at radius 1 is 1.30 bits per heavy atom. The van der Waals surface area contributed by atoms with Gasteiger partial charge in [0.25, 0.3) is 0 Å². The number of nitrogens with one attached hydrogen (secondary N) is 1. The molecule has 0 aromatic heterocycles. The Kier molecular flexibility index (Phi) is 4.88. The zero-order chi connectivity index (χ0) is 14.6. The molecule has 0 spiro atoms. The van der Waals surface area contributed by atoms with Crippen LogP contribution in [-0.4, -0.2) is 36.9 Å². The minimum Gasteiger partial charge on any atom is -0.406 e. The number of rotatable bonds is 5. The maximum atomic E-state index is 12.1. The first-order chi connectivity index (χ1) is 9.48. The molecule has 20 heavy (non-hydrogen) atoms. The van der Waals surface area contributed by atoms with Crippen LogP contribution in [0.25, 0.3) is 0 Å². The van der Waals surface area contributed by atoms with Gasteiger partial charge in [0.1, 0.15) is 5.75 Å². The molecule has 1 unspecified atom stereocenters. The molecule has 1 aliphatic rings. The highest BCUT2D eigenvalue weighted by Crippen LogP contribution is 2.23. The monoisotopic (exact) mass is 288 g/mol. The fourth-order valence-electron chi connectivity index (χ4n) is 2.48. The van der Waals surface area contributed by atoms with Gasteiger partial charge in [-0.3, -0.25) is 4.90 Å². The summed E-state index contributed by atoms with van der Waals surface area (Å²) in [5.41, 5.74) is 0.994. The molecule has 1 heterocycles. The first kappa shape index (κ1) is 15.1. The van der Waals surface area contributed by atoms with E-state index in [9.17, 15) is 13.2 Å². The fraction of sp³-hybridized carbons (Fsp3) is 0.571. The van der Waals surface area contributed by atoms with E-state index in [1.165, 1.54) is 12.1 Å². The van der Waals surface area contributed by atoms with Crippen LogP contribution in [0.15, 0.2) is 24.3 Å². The van der Waals surface area contributed by atoms with Crippen molar-refractivity contribution in [2.24, 2.45) is 0 Å². The molecule has 0 amide bonds. The Morgan fingerprint density at radius 3 is 2.50 bits per heavy atom. The standard InChI is InChI=1S/C14H19F3N2O/c1-2-19(12-7-8-18-9-12)10-11-3-5-13(6-4-11)20-14(15,16)17/h3-6,12,18H,2,7-10H2,1H3. The molecular weight excluding hydrogens is 269 g/mol. The van der Waals surface area contributed by atoms with Gasteiger partial charge >= 0.3 is 6.36 Å². The highest BCUT2D eigenvalue weighted by molar-refractivity contribution is 5.27. The van der Waals surface area contributed by atoms with Gasteiger partial charge in [-0.15, -0.1) is 13.2 Å². The van der Waals surface area contributed by atoms with Crippen molar-refractivity contribution in [3.05, 3.63) is 29.8 Å². The zero-order valence-electron chi connectivity index (χ0n) is 11.4. The van der Waals surface area contributed by atoms with E-state index in [-0.39, 0.29) is 5.75 Å². The van der Waals surface area contributed by atoms with Gasteiger partial charge < -0.3 is 10.1 Å². The van der Waals surface area contributed by atoms with Crippen LogP contribution in [0.2, 0.25) is 0 Å². The highest BCUT2D eigenvalue weighted by Gasteiger charge is 2.31. The summed E-state index contributed by atoms with van der Waals surface area (Å²) in [6, 6.07) is 6.61. The Morgan fingerprint density at radius 2 is 2.00 bits per heavy atom. The van der Waals surface area contributed by atoms with Crippen molar-refractivity contribution >= 4 is 0 Å². The Labute approximate surface area is 116 Å². The van der Waals surface area contributed by atoms with Crippen LogP contribution in [0.3, 0.4) is 0 Å². The van der Waals surface area contributed by atoms with Crippen LogP contribution in [0, 0.1) is 0 Å². The molecule has 2 rings (SSSR count). The summed E-state index contributed by atoms with van der Waals surface area (Å²) >= 11 is 0. The highest BCUT2D eigenvalue weighted by atomic mass is 19.4. The third-order valence-corrected chi connectivity index (χ3v) is 3.50. The van der Waals surface area contributed by atoms with Crippen molar-refractivity contribution in [2.75, 3.05) is 19.6 Å². The number of ether oxygens (including phenoxy) is 1. The van der Waals surface area contributed by atoms with Gasteiger partial charge in [0, 0.05) is 19.1 Å². The van der Waals surface area contributed by atoms with Gasteiger partial charge in [0.2, 0.25) is 0 Å². The van der Waals surface area contributed by atoms with Crippen LogP contribution < -0.4 is 10.1 Å². The lowest BCUT2D eigenvalue weighted by molar-refractivity contribution is -0.274. The normalized spacial score (nSPS) is 19.6. The van der Waals surface area contributed by atoms with E-state index in [2.05, 4.69) is 21.9 Å². The third kappa shape index (κ3) is 4.38. The first-order valence-corrected chi connectivity index (χ1v) is 6.77. The molecule has 6 heteroatoms. The van der Waals surface area contributed by atoms with Crippen molar-refractivity contribution in [3.8, 4) is 5.75 Å². The topological polar surface area (TPSA) is 24.5 Å². The quantitative estimate of drug-likeness (QED) is 0.901. The minimum atomic E-state index is -4.63. The number of nitrogens with zero attached hydrogens (tertiary/aromatic N) is 1. The molecule has 0 bridgehead atoms. The lowest BCUT2D eigenvalue weighted by atomic mass is 10.1. The summed E-state index contributed by atoms with van der Waals surface area (Å²) < 4.78 is 40.1. The number of hydrogen-bond donors (Lipinski definition) is 1. The smallest absolute Gasteiger partial charge is 0.406 e. The molecule has 0 aliphatic carbocycles. The SMILES string of the molecule is CCN(Cc1ccc(OC(F)(F)F)cc1)C1CCNC1. The van der Waals surface area contributed by atoms with E-state index >= 15 is 0 Å². The van der Waals surface area contributed by atoms with E-state index in [0.717, 1.165) is 38.2 Å². The third-order valence-electron chi connectivity index (χ3n) is 3.50. The molecule has 0 radical (unpaired) electrons. The van der Waals surface area contributed by atoms with Gasteiger partial charge in [0.05, 0.1) is 0 Å². The van der Waals surface area contributed by atoms with E-state index in [1.54, 1.807) is 12.1 Å². The summed E-state index contributed by atoms with van der Waals surface area (Å²) in [5.74, 6) is -0.174. The number of alkyl halides is 3. The van der Waals surface area contributed by atoms with Crippen molar-refractivity contribution in [3.63, 3.8) is 0 Å². The molecule has 3 nitrogen and oxygen atoms in total. The van der Waals surface area contributed by atoms with Crippen LogP contribution in [-0.2, 0) is 6.54 Å². The van der Waals surface area contributed by atoms with Crippen molar-refractivity contribution in [1.29, 1.82) is 0 Å². The number of halogens is 3. The van der Waals surface area contributed by atoms with Crippen LogP contribution in [0.5, 0.6) is 5.75 Å². The summed E-state index contributed by atoms with van der Waals surface area (Å²) in [7, 11) is 0. The van der Waals surface area contributed by atoms with Crippen molar-refractivity contribution < 1.29 is 17.9 Å². The molecule has 1 N–H and O–H groups in total. The summed E-state index contributed by atoms with van der Waals surface area (Å²) in [4.78, 5) is 2.33. The van der Waals surface area contributed by atoms with Crippen LogP contribution in [0.1, 0.15) is 18.9 Å². The fourth-order valence-corrected chi connectivity index (χ4v) is 2.48. The minimum absolute atomic E-state index is 0.174.